The van der Waals surface area contributed by atoms with Crippen molar-refractivity contribution in [3.05, 3.63) is 34.9 Å². The third-order valence-corrected chi connectivity index (χ3v) is 6.26. The van der Waals surface area contributed by atoms with Crippen molar-refractivity contribution in [3.8, 4) is 0 Å². The summed E-state index contributed by atoms with van der Waals surface area (Å²) in [5.74, 6) is -0.576. The number of carbonyl (C=O) groups is 2. The maximum absolute atomic E-state index is 12.2. The standard InChI is InChI=1S/C17H23ClN2O4S/c18-15-6-4-14(5-7-15)16(21)8-9-17(22)19-10-13-25(23,24)20-11-2-1-3-12-20/h4-7H,1-3,8-13H2,(H,19,22). The summed E-state index contributed by atoms with van der Waals surface area (Å²) in [5, 5.41) is 3.12. The van der Waals surface area contributed by atoms with Crippen LogP contribution in [0.1, 0.15) is 42.5 Å². The molecule has 1 fully saturated rings. The van der Waals surface area contributed by atoms with E-state index in [2.05, 4.69) is 5.32 Å². The van der Waals surface area contributed by atoms with Crippen LogP contribution in [0.2, 0.25) is 5.02 Å². The molecule has 1 heterocycles. The van der Waals surface area contributed by atoms with Crippen molar-refractivity contribution in [2.24, 2.45) is 0 Å². The molecular weight excluding hydrogens is 364 g/mol. The Labute approximate surface area is 153 Å². The molecule has 6 nitrogen and oxygen atoms in total. The Balaban J connectivity index is 1.70. The summed E-state index contributed by atoms with van der Waals surface area (Å²) in [6.07, 6.45) is 2.94. The van der Waals surface area contributed by atoms with Crippen LogP contribution in [0.4, 0.5) is 0 Å². The molecule has 0 bridgehead atoms. The number of rotatable bonds is 8. The van der Waals surface area contributed by atoms with E-state index in [0.717, 1.165) is 19.3 Å². The Kier molecular flexibility index (Phi) is 7.40. The predicted molar refractivity (Wildman–Crippen MR) is 97.2 cm³/mol. The van der Waals surface area contributed by atoms with Gasteiger partial charge in [-0.3, -0.25) is 9.59 Å². The third-order valence-electron chi connectivity index (χ3n) is 4.14. The van der Waals surface area contributed by atoms with Gasteiger partial charge in [-0.2, -0.15) is 0 Å². The number of amides is 1. The van der Waals surface area contributed by atoms with Gasteiger partial charge in [-0.05, 0) is 37.1 Å². The first kappa shape index (κ1) is 19.9. The molecule has 1 aliphatic heterocycles. The normalized spacial score (nSPS) is 15.7. The van der Waals surface area contributed by atoms with E-state index in [-0.39, 0.29) is 36.8 Å². The zero-order chi connectivity index (χ0) is 18.3. The first-order valence-corrected chi connectivity index (χ1v) is 10.4. The molecule has 0 spiro atoms. The molecular formula is C17H23ClN2O4S. The third kappa shape index (κ3) is 6.41. The van der Waals surface area contributed by atoms with Crippen molar-refractivity contribution in [2.75, 3.05) is 25.4 Å². The number of carbonyl (C=O) groups excluding carboxylic acids is 2. The molecule has 1 amide bonds. The molecule has 0 atom stereocenters. The van der Waals surface area contributed by atoms with Crippen molar-refractivity contribution < 1.29 is 18.0 Å². The van der Waals surface area contributed by atoms with Crippen molar-refractivity contribution in [1.29, 1.82) is 0 Å². The molecule has 8 heteroatoms. The molecule has 0 aliphatic carbocycles. The van der Waals surface area contributed by atoms with Crippen LogP contribution < -0.4 is 5.32 Å². The molecule has 1 aliphatic rings. The van der Waals surface area contributed by atoms with E-state index >= 15 is 0 Å². The number of nitrogens with one attached hydrogen (secondary N) is 1. The van der Waals surface area contributed by atoms with Crippen LogP contribution in [0.15, 0.2) is 24.3 Å². The van der Waals surface area contributed by atoms with Crippen LogP contribution in [0.25, 0.3) is 0 Å². The lowest BCUT2D eigenvalue weighted by Crippen LogP contribution is -2.40. The topological polar surface area (TPSA) is 83.5 Å². The van der Waals surface area contributed by atoms with Crippen LogP contribution in [-0.4, -0.2) is 49.8 Å². The molecule has 138 valence electrons. The van der Waals surface area contributed by atoms with Crippen molar-refractivity contribution in [3.63, 3.8) is 0 Å². The van der Waals surface area contributed by atoms with E-state index in [0.29, 0.717) is 23.7 Å². The van der Waals surface area contributed by atoms with Crippen LogP contribution in [0, 0.1) is 0 Å². The lowest BCUT2D eigenvalue weighted by Gasteiger charge is -2.25. The van der Waals surface area contributed by atoms with Gasteiger partial charge in [-0.15, -0.1) is 0 Å². The number of hydrogen-bond donors (Lipinski definition) is 1. The number of sulfonamides is 1. The maximum atomic E-state index is 12.2. The summed E-state index contributed by atoms with van der Waals surface area (Å²) < 4.78 is 25.8. The molecule has 25 heavy (non-hydrogen) atoms. The predicted octanol–water partition coefficient (Wildman–Crippen LogP) is 2.23. The van der Waals surface area contributed by atoms with Crippen molar-refractivity contribution in [2.45, 2.75) is 32.1 Å². The lowest BCUT2D eigenvalue weighted by molar-refractivity contribution is -0.120. The molecule has 0 radical (unpaired) electrons. The number of nitrogens with zero attached hydrogens (tertiary/aromatic N) is 1. The largest absolute Gasteiger partial charge is 0.355 e. The number of ketones is 1. The Morgan fingerprint density at radius 1 is 1.04 bits per heavy atom. The molecule has 0 unspecified atom stereocenters. The average molecular weight is 387 g/mol. The maximum Gasteiger partial charge on any atom is 0.220 e. The summed E-state index contributed by atoms with van der Waals surface area (Å²) >= 11 is 5.77. The van der Waals surface area contributed by atoms with Crippen molar-refractivity contribution >= 4 is 33.3 Å². The van der Waals surface area contributed by atoms with Gasteiger partial charge in [-0.25, -0.2) is 12.7 Å². The molecule has 1 aromatic carbocycles. The Hall–Kier alpha value is -1.44. The minimum absolute atomic E-state index is 0.0330. The zero-order valence-electron chi connectivity index (χ0n) is 14.0. The van der Waals surface area contributed by atoms with Crippen LogP contribution in [0.5, 0.6) is 0 Å². The smallest absolute Gasteiger partial charge is 0.220 e. The summed E-state index contributed by atoms with van der Waals surface area (Å²) in [6.45, 7) is 1.19. The highest BCUT2D eigenvalue weighted by Crippen LogP contribution is 2.13. The molecule has 1 N–H and O–H groups in total. The highest BCUT2D eigenvalue weighted by atomic mass is 35.5. The fourth-order valence-corrected chi connectivity index (χ4v) is 4.25. The second kappa shape index (κ2) is 9.31. The summed E-state index contributed by atoms with van der Waals surface area (Å²) in [7, 11) is -3.32. The molecule has 1 saturated heterocycles. The number of benzene rings is 1. The summed E-state index contributed by atoms with van der Waals surface area (Å²) in [5.41, 5.74) is 0.505. The Morgan fingerprint density at radius 3 is 2.32 bits per heavy atom. The molecule has 1 aromatic rings. The fourth-order valence-electron chi connectivity index (χ4n) is 2.69. The van der Waals surface area contributed by atoms with Crippen molar-refractivity contribution in [1.82, 2.24) is 9.62 Å². The number of hydrogen-bond acceptors (Lipinski definition) is 4. The first-order valence-electron chi connectivity index (χ1n) is 8.42. The second-order valence-electron chi connectivity index (χ2n) is 6.06. The van der Waals surface area contributed by atoms with Gasteiger partial charge in [0.2, 0.25) is 15.9 Å². The van der Waals surface area contributed by atoms with Gasteiger partial charge in [0, 0.05) is 43.1 Å². The molecule has 0 saturated carbocycles. The van der Waals surface area contributed by atoms with E-state index in [1.165, 1.54) is 4.31 Å². The number of piperidine rings is 1. The van der Waals surface area contributed by atoms with Crippen LogP contribution in [0.3, 0.4) is 0 Å². The van der Waals surface area contributed by atoms with Gasteiger partial charge in [0.25, 0.3) is 0 Å². The Bertz CT molecular complexity index is 698. The van der Waals surface area contributed by atoms with E-state index < -0.39 is 10.0 Å². The minimum atomic E-state index is -3.32. The van der Waals surface area contributed by atoms with Gasteiger partial charge in [0.1, 0.15) is 0 Å². The lowest BCUT2D eigenvalue weighted by atomic mass is 10.1. The van der Waals surface area contributed by atoms with Crippen LogP contribution >= 0.6 is 11.6 Å². The van der Waals surface area contributed by atoms with Gasteiger partial charge < -0.3 is 5.32 Å². The van der Waals surface area contributed by atoms with Gasteiger partial charge in [0.15, 0.2) is 5.78 Å². The number of Topliss-reactive ketones (excluding diaryl/α,β-unsaturated/α-hetero) is 1. The Morgan fingerprint density at radius 2 is 1.68 bits per heavy atom. The van der Waals surface area contributed by atoms with Gasteiger partial charge in [-0.1, -0.05) is 18.0 Å². The van der Waals surface area contributed by atoms with Crippen LogP contribution in [-0.2, 0) is 14.8 Å². The second-order valence-corrected chi connectivity index (χ2v) is 8.58. The molecule has 0 aromatic heterocycles. The average Bonchev–Trinajstić information content (AvgIpc) is 2.61. The highest BCUT2D eigenvalue weighted by molar-refractivity contribution is 7.89. The van der Waals surface area contributed by atoms with E-state index in [1.807, 2.05) is 0 Å². The van der Waals surface area contributed by atoms with Gasteiger partial charge in [0.05, 0.1) is 5.75 Å². The quantitative estimate of drug-likeness (QED) is 0.694. The SMILES string of the molecule is O=C(CCC(=O)c1ccc(Cl)cc1)NCCS(=O)(=O)N1CCCCC1. The van der Waals surface area contributed by atoms with E-state index in [4.69, 9.17) is 11.6 Å². The fraction of sp³-hybridized carbons (Fsp3) is 0.529. The van der Waals surface area contributed by atoms with Gasteiger partial charge >= 0.3 is 0 Å². The highest BCUT2D eigenvalue weighted by Gasteiger charge is 2.23. The number of halogens is 1. The first-order chi connectivity index (χ1) is 11.9. The van der Waals surface area contributed by atoms with E-state index in [9.17, 15) is 18.0 Å². The minimum Gasteiger partial charge on any atom is -0.355 e. The zero-order valence-corrected chi connectivity index (χ0v) is 15.6. The van der Waals surface area contributed by atoms with E-state index in [1.54, 1.807) is 24.3 Å². The molecule has 2 rings (SSSR count). The monoisotopic (exact) mass is 386 g/mol. The summed E-state index contributed by atoms with van der Waals surface area (Å²) in [6, 6.07) is 6.49. The summed E-state index contributed by atoms with van der Waals surface area (Å²) in [4.78, 5) is 23.8.